The molecular weight excluding hydrogens is 296 g/mol. The highest BCUT2D eigenvalue weighted by Crippen LogP contribution is 2.39. The fraction of sp³-hybridized carbons (Fsp3) is 0.643. The summed E-state index contributed by atoms with van der Waals surface area (Å²) in [4.78, 5) is 20.8. The summed E-state index contributed by atoms with van der Waals surface area (Å²) in [6.07, 6.45) is 6.15. The van der Waals surface area contributed by atoms with Crippen molar-refractivity contribution in [2.75, 3.05) is 19.0 Å². The second kappa shape index (κ2) is 11.1. The van der Waals surface area contributed by atoms with E-state index in [9.17, 15) is 4.79 Å². The third-order valence-corrected chi connectivity index (χ3v) is 5.68. The molecule has 114 valence electrons. The second-order valence-electron chi connectivity index (χ2n) is 4.39. The summed E-state index contributed by atoms with van der Waals surface area (Å²) in [6.45, 7) is 7.81. The number of hydrogen-bond donors (Lipinski definition) is 0. The first-order chi connectivity index (χ1) is 9.72. The summed E-state index contributed by atoms with van der Waals surface area (Å²) in [5.41, 5.74) is 0. The van der Waals surface area contributed by atoms with Crippen LogP contribution in [0.5, 0.6) is 0 Å². The Kier molecular flexibility index (Phi) is 9.70. The Hall–Kier alpha value is -0.590. The van der Waals surface area contributed by atoms with Crippen LogP contribution in [0, 0.1) is 0 Å². The van der Waals surface area contributed by atoms with Crippen LogP contribution in [-0.2, 0) is 19.3 Å². The Bertz CT molecular complexity index is 314. The molecule has 0 aromatic carbocycles. The van der Waals surface area contributed by atoms with Gasteiger partial charge in [-0.15, -0.1) is 0 Å². The molecule has 0 amide bonds. The monoisotopic (exact) mass is 318 g/mol. The lowest BCUT2D eigenvalue weighted by Gasteiger charge is -2.09. The third-order valence-electron chi connectivity index (χ3n) is 2.67. The van der Waals surface area contributed by atoms with E-state index < -0.39 is 5.97 Å². The summed E-state index contributed by atoms with van der Waals surface area (Å²) >= 11 is 0. The van der Waals surface area contributed by atoms with E-state index in [1.807, 2.05) is 21.6 Å². The summed E-state index contributed by atoms with van der Waals surface area (Å²) in [5.74, 6) is 1.51. The number of ether oxygens (including phenoxy) is 1. The molecule has 1 saturated heterocycles. The van der Waals surface area contributed by atoms with E-state index in [1.54, 1.807) is 0 Å². The van der Waals surface area contributed by atoms with Crippen LogP contribution in [0.25, 0.3) is 0 Å². The largest absolute Gasteiger partial charge is 0.462 e. The highest BCUT2D eigenvalue weighted by Gasteiger charge is 2.15. The van der Waals surface area contributed by atoms with Crippen LogP contribution in [0.1, 0.15) is 32.1 Å². The van der Waals surface area contributed by atoms with Crippen molar-refractivity contribution in [1.82, 2.24) is 0 Å². The van der Waals surface area contributed by atoms with Gasteiger partial charge in [0.2, 0.25) is 0 Å². The molecule has 1 fully saturated rings. The lowest BCUT2D eigenvalue weighted by molar-refractivity contribution is -0.264. The number of hydrogen-bond acceptors (Lipinski definition) is 6. The Balaban J connectivity index is 1.87. The average molecular weight is 318 g/mol. The van der Waals surface area contributed by atoms with Crippen molar-refractivity contribution < 1.29 is 19.3 Å². The standard InChI is InChI=1S/C14H22O4S2/c1-3-14(15)16-9-5-10-17-18-12(2)6-4-7-13-8-11-19-20-13/h3,13H,1-2,4-11H2. The van der Waals surface area contributed by atoms with Crippen molar-refractivity contribution in [3.8, 4) is 0 Å². The van der Waals surface area contributed by atoms with Crippen molar-refractivity contribution in [1.29, 1.82) is 0 Å². The van der Waals surface area contributed by atoms with Gasteiger partial charge >= 0.3 is 5.97 Å². The van der Waals surface area contributed by atoms with Crippen molar-refractivity contribution in [2.24, 2.45) is 0 Å². The Morgan fingerprint density at radius 3 is 2.90 bits per heavy atom. The first kappa shape index (κ1) is 17.5. The molecule has 1 heterocycles. The van der Waals surface area contributed by atoms with E-state index >= 15 is 0 Å². The van der Waals surface area contributed by atoms with E-state index in [0.717, 1.165) is 24.2 Å². The number of carbonyl (C=O) groups excluding carboxylic acids is 1. The Morgan fingerprint density at radius 2 is 2.20 bits per heavy atom. The van der Waals surface area contributed by atoms with E-state index in [-0.39, 0.29) is 0 Å². The van der Waals surface area contributed by atoms with Gasteiger partial charge in [0.05, 0.1) is 13.2 Å². The van der Waals surface area contributed by atoms with Gasteiger partial charge in [-0.1, -0.05) is 34.7 Å². The maximum absolute atomic E-state index is 10.8. The zero-order chi connectivity index (χ0) is 14.6. The topological polar surface area (TPSA) is 44.8 Å². The molecule has 0 aromatic heterocycles. The van der Waals surface area contributed by atoms with Gasteiger partial charge in [-0.2, -0.15) is 4.89 Å². The van der Waals surface area contributed by atoms with Gasteiger partial charge in [0.25, 0.3) is 0 Å². The van der Waals surface area contributed by atoms with Gasteiger partial charge < -0.3 is 9.62 Å². The number of allylic oxidation sites excluding steroid dienone is 1. The van der Waals surface area contributed by atoms with Gasteiger partial charge in [-0.25, -0.2) is 4.79 Å². The Morgan fingerprint density at radius 1 is 1.35 bits per heavy atom. The molecule has 1 aliphatic heterocycles. The van der Waals surface area contributed by atoms with Crippen LogP contribution in [0.15, 0.2) is 25.0 Å². The molecule has 0 aromatic rings. The average Bonchev–Trinajstić information content (AvgIpc) is 2.95. The molecule has 0 N–H and O–H groups in total. The quantitative estimate of drug-likeness (QED) is 0.109. The molecule has 0 saturated carbocycles. The van der Waals surface area contributed by atoms with Gasteiger partial charge in [0.15, 0.2) is 0 Å². The fourth-order valence-corrected chi connectivity index (χ4v) is 4.64. The first-order valence-corrected chi connectivity index (χ1v) is 9.15. The number of esters is 1. The predicted molar refractivity (Wildman–Crippen MR) is 84.3 cm³/mol. The third kappa shape index (κ3) is 8.55. The van der Waals surface area contributed by atoms with Crippen LogP contribution >= 0.6 is 21.6 Å². The summed E-state index contributed by atoms with van der Waals surface area (Å²) < 4.78 is 4.80. The Labute approximate surface area is 128 Å². The number of carbonyl (C=O) groups is 1. The minimum Gasteiger partial charge on any atom is -0.462 e. The summed E-state index contributed by atoms with van der Waals surface area (Å²) in [5, 5.41) is 0.785. The first-order valence-electron chi connectivity index (χ1n) is 6.77. The fourth-order valence-electron chi connectivity index (χ4n) is 1.61. The van der Waals surface area contributed by atoms with Crippen LogP contribution in [0.4, 0.5) is 0 Å². The molecule has 0 bridgehead atoms. The van der Waals surface area contributed by atoms with E-state index in [1.165, 1.54) is 18.6 Å². The molecule has 1 atom stereocenters. The lowest BCUT2D eigenvalue weighted by atomic mass is 10.1. The molecular formula is C14H22O4S2. The van der Waals surface area contributed by atoms with Gasteiger partial charge in [0.1, 0.15) is 5.76 Å². The molecule has 0 radical (unpaired) electrons. The molecule has 0 aliphatic carbocycles. The molecule has 1 unspecified atom stereocenters. The molecule has 20 heavy (non-hydrogen) atoms. The highest BCUT2D eigenvalue weighted by atomic mass is 33.1. The van der Waals surface area contributed by atoms with Gasteiger partial charge in [-0.3, -0.25) is 0 Å². The lowest BCUT2D eigenvalue weighted by Crippen LogP contribution is -2.05. The minimum atomic E-state index is -0.418. The van der Waals surface area contributed by atoms with Crippen molar-refractivity contribution >= 4 is 27.6 Å². The number of rotatable bonds is 11. The summed E-state index contributed by atoms with van der Waals surface area (Å²) in [7, 11) is 3.95. The maximum atomic E-state index is 10.8. The van der Waals surface area contributed by atoms with E-state index in [2.05, 4.69) is 13.2 Å². The molecule has 1 aliphatic rings. The van der Waals surface area contributed by atoms with Crippen LogP contribution < -0.4 is 0 Å². The van der Waals surface area contributed by atoms with Crippen molar-refractivity contribution in [3.63, 3.8) is 0 Å². The van der Waals surface area contributed by atoms with Gasteiger partial charge in [-0.05, 0) is 19.3 Å². The van der Waals surface area contributed by atoms with Crippen LogP contribution in [0.3, 0.4) is 0 Å². The predicted octanol–water partition coefficient (Wildman–Crippen LogP) is 3.89. The van der Waals surface area contributed by atoms with Crippen molar-refractivity contribution in [2.45, 2.75) is 37.4 Å². The molecule has 1 rings (SSSR count). The zero-order valence-corrected chi connectivity index (χ0v) is 13.3. The van der Waals surface area contributed by atoms with Gasteiger partial charge in [0, 0.05) is 29.9 Å². The molecule has 4 nitrogen and oxygen atoms in total. The van der Waals surface area contributed by atoms with E-state index in [4.69, 9.17) is 14.5 Å². The SMILES string of the molecule is C=CC(=O)OCCCOOC(=C)CCCC1CCSS1. The normalized spacial score (nSPS) is 17.7. The smallest absolute Gasteiger partial charge is 0.330 e. The zero-order valence-electron chi connectivity index (χ0n) is 11.7. The molecule has 0 spiro atoms. The highest BCUT2D eigenvalue weighted by molar-refractivity contribution is 8.77. The maximum Gasteiger partial charge on any atom is 0.330 e. The molecule has 6 heteroatoms. The van der Waals surface area contributed by atoms with Crippen molar-refractivity contribution in [3.05, 3.63) is 25.0 Å². The van der Waals surface area contributed by atoms with E-state index in [0.29, 0.717) is 25.4 Å². The second-order valence-corrected chi connectivity index (χ2v) is 7.18. The van der Waals surface area contributed by atoms with Crippen LogP contribution in [0.2, 0.25) is 0 Å². The minimum absolute atomic E-state index is 0.303. The van der Waals surface area contributed by atoms with Crippen LogP contribution in [-0.4, -0.2) is 30.2 Å². The summed E-state index contributed by atoms with van der Waals surface area (Å²) in [6, 6.07) is 0.